The van der Waals surface area contributed by atoms with Crippen molar-refractivity contribution in [1.82, 2.24) is 0 Å². The van der Waals surface area contributed by atoms with Crippen LogP contribution in [0.25, 0.3) is 0 Å². The highest BCUT2D eigenvalue weighted by molar-refractivity contribution is 7.90. The summed E-state index contributed by atoms with van der Waals surface area (Å²) in [6, 6.07) is 12.3. The van der Waals surface area contributed by atoms with Crippen LogP contribution in [-0.4, -0.2) is 26.7 Å². The Morgan fingerprint density at radius 2 is 1.82 bits per heavy atom. The van der Waals surface area contributed by atoms with Crippen LogP contribution in [0.4, 0.5) is 11.4 Å². The molecule has 1 N–H and O–H groups in total. The van der Waals surface area contributed by atoms with Crippen LogP contribution in [0.2, 0.25) is 0 Å². The van der Waals surface area contributed by atoms with Crippen molar-refractivity contribution >= 4 is 33.1 Å². The molecule has 0 saturated heterocycles. The lowest BCUT2D eigenvalue weighted by Crippen LogP contribution is -2.36. The first-order valence-electron chi connectivity index (χ1n) is 9.34. The molecule has 6 nitrogen and oxygen atoms in total. The van der Waals surface area contributed by atoms with Gasteiger partial charge in [0.1, 0.15) is 10.7 Å². The number of aryl methyl sites for hydroxylation is 1. The third kappa shape index (κ3) is 4.09. The molecule has 2 aromatic rings. The lowest BCUT2D eigenvalue weighted by molar-refractivity contribution is 0.102. The van der Waals surface area contributed by atoms with Gasteiger partial charge in [-0.05, 0) is 55.2 Å². The summed E-state index contributed by atoms with van der Waals surface area (Å²) < 4.78 is 29.0. The van der Waals surface area contributed by atoms with Gasteiger partial charge in [-0.15, -0.1) is 4.40 Å². The fourth-order valence-electron chi connectivity index (χ4n) is 3.15. The van der Waals surface area contributed by atoms with Gasteiger partial charge in [0.05, 0.1) is 5.69 Å². The molecule has 3 rings (SSSR count). The number of rotatable bonds is 5. The van der Waals surface area contributed by atoms with E-state index in [-0.39, 0.29) is 16.4 Å². The second-order valence-corrected chi connectivity index (χ2v) is 8.88. The number of benzene rings is 2. The molecule has 0 atom stereocenters. The normalized spacial score (nSPS) is 15.2. The molecule has 1 aliphatic heterocycles. The summed E-state index contributed by atoms with van der Waals surface area (Å²) in [5, 5.41) is 2.81. The molecule has 0 radical (unpaired) electrons. The Morgan fingerprint density at radius 3 is 2.43 bits per heavy atom. The Bertz CT molecular complexity index is 1030. The highest BCUT2D eigenvalue weighted by Gasteiger charge is 2.30. The van der Waals surface area contributed by atoms with Gasteiger partial charge in [-0.1, -0.05) is 32.9 Å². The number of sulfonamides is 1. The van der Waals surface area contributed by atoms with E-state index in [1.165, 1.54) is 11.6 Å². The Morgan fingerprint density at radius 1 is 1.14 bits per heavy atom. The fourth-order valence-corrected chi connectivity index (χ4v) is 4.42. The molecule has 0 saturated carbocycles. The van der Waals surface area contributed by atoms with Gasteiger partial charge in [0.2, 0.25) is 0 Å². The number of nitrogens with one attached hydrogen (secondary N) is 1. The van der Waals surface area contributed by atoms with Gasteiger partial charge in [0, 0.05) is 17.8 Å². The Balaban J connectivity index is 1.92. The SMILES string of the molecule is CCc1ccc(NC(=O)c2ccc3c(c2)S(=O)(=O)N=C(C)N3CC(C)C)cc1. The quantitative estimate of drug-likeness (QED) is 0.821. The third-order valence-electron chi connectivity index (χ3n) is 4.60. The van der Waals surface area contributed by atoms with E-state index < -0.39 is 10.0 Å². The minimum atomic E-state index is -3.83. The number of anilines is 2. The van der Waals surface area contributed by atoms with Gasteiger partial charge in [-0.25, -0.2) is 0 Å². The van der Waals surface area contributed by atoms with Crippen molar-refractivity contribution in [2.45, 2.75) is 39.0 Å². The van der Waals surface area contributed by atoms with Crippen LogP contribution in [0.3, 0.4) is 0 Å². The molecular weight excluding hydrogens is 374 g/mol. The number of carbonyl (C=O) groups is 1. The minimum Gasteiger partial charge on any atom is -0.328 e. The van der Waals surface area contributed by atoms with Crippen molar-refractivity contribution in [3.63, 3.8) is 0 Å². The van der Waals surface area contributed by atoms with Gasteiger partial charge in [0.15, 0.2) is 0 Å². The van der Waals surface area contributed by atoms with E-state index in [4.69, 9.17) is 0 Å². The summed E-state index contributed by atoms with van der Waals surface area (Å²) in [6.45, 7) is 8.51. The van der Waals surface area contributed by atoms with Gasteiger partial charge in [-0.2, -0.15) is 8.42 Å². The van der Waals surface area contributed by atoms with E-state index in [2.05, 4.69) is 30.5 Å². The first-order valence-corrected chi connectivity index (χ1v) is 10.8. The van der Waals surface area contributed by atoms with Gasteiger partial charge in [0.25, 0.3) is 15.9 Å². The van der Waals surface area contributed by atoms with Crippen molar-refractivity contribution < 1.29 is 13.2 Å². The molecule has 0 spiro atoms. The second kappa shape index (κ2) is 7.75. The Labute approximate surface area is 166 Å². The predicted octanol–water partition coefficient (Wildman–Crippen LogP) is 4.08. The van der Waals surface area contributed by atoms with Crippen LogP contribution in [-0.2, 0) is 16.4 Å². The largest absolute Gasteiger partial charge is 0.328 e. The molecule has 0 fully saturated rings. The average Bonchev–Trinajstić information content (AvgIpc) is 2.65. The standard InChI is InChI=1S/C21H25N3O3S/c1-5-16-6-9-18(10-7-16)22-21(25)17-8-11-19-20(12-17)28(26,27)23-15(4)24(19)13-14(2)3/h6-12,14H,5,13H2,1-4H3,(H,22,25). The molecule has 1 aliphatic rings. The molecule has 148 valence electrons. The zero-order chi connectivity index (χ0) is 20.5. The van der Waals surface area contributed by atoms with Crippen LogP contribution in [0.5, 0.6) is 0 Å². The third-order valence-corrected chi connectivity index (χ3v) is 5.99. The van der Waals surface area contributed by atoms with Gasteiger partial charge >= 0.3 is 0 Å². The van der Waals surface area contributed by atoms with E-state index in [0.717, 1.165) is 6.42 Å². The van der Waals surface area contributed by atoms with Crippen molar-refractivity contribution in [1.29, 1.82) is 0 Å². The summed E-state index contributed by atoms with van der Waals surface area (Å²) >= 11 is 0. The van der Waals surface area contributed by atoms with Gasteiger partial charge < -0.3 is 10.2 Å². The predicted molar refractivity (Wildman–Crippen MR) is 113 cm³/mol. The summed E-state index contributed by atoms with van der Waals surface area (Å²) in [4.78, 5) is 14.6. The van der Waals surface area contributed by atoms with Crippen LogP contribution in [0.15, 0.2) is 51.8 Å². The smallest absolute Gasteiger partial charge is 0.286 e. The molecule has 0 bridgehead atoms. The molecule has 28 heavy (non-hydrogen) atoms. The number of amides is 1. The van der Waals surface area contributed by atoms with E-state index in [0.29, 0.717) is 29.7 Å². The maximum Gasteiger partial charge on any atom is 0.286 e. The molecule has 2 aromatic carbocycles. The molecule has 0 unspecified atom stereocenters. The number of carbonyl (C=O) groups excluding carboxylic acids is 1. The van der Waals surface area contributed by atoms with E-state index in [1.807, 2.05) is 29.2 Å². The Kier molecular flexibility index (Phi) is 5.56. The minimum absolute atomic E-state index is 0.0627. The summed E-state index contributed by atoms with van der Waals surface area (Å²) in [5.74, 6) is 0.409. The molecule has 0 aromatic heterocycles. The first-order chi connectivity index (χ1) is 13.2. The highest BCUT2D eigenvalue weighted by atomic mass is 32.2. The van der Waals surface area contributed by atoms with E-state index in [9.17, 15) is 13.2 Å². The van der Waals surface area contributed by atoms with Crippen LogP contribution in [0.1, 0.15) is 43.6 Å². The van der Waals surface area contributed by atoms with Crippen LogP contribution in [0, 0.1) is 5.92 Å². The second-order valence-electron chi connectivity index (χ2n) is 7.31. The highest BCUT2D eigenvalue weighted by Crippen LogP contribution is 2.33. The number of amidine groups is 1. The molecule has 1 amide bonds. The summed E-state index contributed by atoms with van der Waals surface area (Å²) in [5.41, 5.74) is 2.68. The number of nitrogens with zero attached hydrogens (tertiary/aromatic N) is 2. The summed E-state index contributed by atoms with van der Waals surface area (Å²) in [6.07, 6.45) is 0.920. The van der Waals surface area contributed by atoms with Crippen LogP contribution < -0.4 is 10.2 Å². The van der Waals surface area contributed by atoms with Crippen molar-refractivity contribution in [2.75, 3.05) is 16.8 Å². The zero-order valence-corrected chi connectivity index (χ0v) is 17.4. The lowest BCUT2D eigenvalue weighted by atomic mass is 10.1. The number of hydrogen-bond donors (Lipinski definition) is 1. The van der Waals surface area contributed by atoms with Crippen molar-refractivity contribution in [3.8, 4) is 0 Å². The maximum atomic E-state index is 12.6. The number of fused-ring (bicyclic) bond motifs is 1. The van der Waals surface area contributed by atoms with Crippen molar-refractivity contribution in [3.05, 3.63) is 53.6 Å². The number of hydrogen-bond acceptors (Lipinski definition) is 4. The Hall–Kier alpha value is -2.67. The lowest BCUT2D eigenvalue weighted by Gasteiger charge is -2.30. The average molecular weight is 400 g/mol. The molecule has 0 aliphatic carbocycles. The van der Waals surface area contributed by atoms with E-state index in [1.54, 1.807) is 19.1 Å². The topological polar surface area (TPSA) is 78.8 Å². The zero-order valence-electron chi connectivity index (χ0n) is 16.6. The maximum absolute atomic E-state index is 12.6. The molecule has 1 heterocycles. The molecule has 7 heteroatoms. The monoisotopic (exact) mass is 399 g/mol. The van der Waals surface area contributed by atoms with E-state index >= 15 is 0 Å². The van der Waals surface area contributed by atoms with Gasteiger partial charge in [-0.3, -0.25) is 4.79 Å². The van der Waals surface area contributed by atoms with Crippen molar-refractivity contribution in [2.24, 2.45) is 10.3 Å². The first kappa shape index (κ1) is 20.1. The summed E-state index contributed by atoms with van der Waals surface area (Å²) in [7, 11) is -3.83. The fraction of sp³-hybridized carbons (Fsp3) is 0.333. The molecular formula is C21H25N3O3S. The van der Waals surface area contributed by atoms with Crippen LogP contribution >= 0.6 is 0 Å².